The zero-order valence-electron chi connectivity index (χ0n) is 13.8. The van der Waals surface area contributed by atoms with Gasteiger partial charge in [0.05, 0.1) is 19.2 Å². The van der Waals surface area contributed by atoms with Gasteiger partial charge in [-0.2, -0.15) is 5.10 Å². The first-order valence-electron chi connectivity index (χ1n) is 8.30. The maximum atomic E-state index is 13.5. The third-order valence-electron chi connectivity index (χ3n) is 4.46. The molecule has 1 aromatic carbocycles. The summed E-state index contributed by atoms with van der Waals surface area (Å²) in [5, 5.41) is 7.13. The van der Waals surface area contributed by atoms with E-state index in [0.717, 1.165) is 30.6 Å². The van der Waals surface area contributed by atoms with Crippen LogP contribution in [0.25, 0.3) is 0 Å². The maximum absolute atomic E-state index is 13.5. The summed E-state index contributed by atoms with van der Waals surface area (Å²) in [4.78, 5) is 14.3. The first-order chi connectivity index (χ1) is 11.6. The molecule has 3 rings (SSSR count). The topological polar surface area (TPSA) is 58.2 Å². The molecule has 5 nitrogen and oxygen atoms in total. The summed E-state index contributed by atoms with van der Waals surface area (Å²) in [7, 11) is 0. The molecule has 2 aromatic rings. The van der Waals surface area contributed by atoms with Gasteiger partial charge >= 0.3 is 0 Å². The van der Waals surface area contributed by atoms with Crippen molar-refractivity contribution in [1.82, 2.24) is 15.1 Å². The molecule has 1 amide bonds. The Morgan fingerprint density at radius 2 is 2.29 bits per heavy atom. The number of aromatic nitrogens is 2. The monoisotopic (exact) mass is 331 g/mol. The van der Waals surface area contributed by atoms with Crippen molar-refractivity contribution in [3.05, 3.63) is 47.5 Å². The summed E-state index contributed by atoms with van der Waals surface area (Å²) < 4.78 is 18.9. The van der Waals surface area contributed by atoms with Crippen molar-refractivity contribution in [2.24, 2.45) is 0 Å². The van der Waals surface area contributed by atoms with Gasteiger partial charge in [-0.1, -0.05) is 12.1 Å². The van der Waals surface area contributed by atoms with Crippen LogP contribution in [-0.2, 0) is 4.79 Å². The number of ether oxygens (including phenoxy) is 1. The minimum atomic E-state index is -0.405. The molecule has 1 aliphatic heterocycles. The fourth-order valence-electron chi connectivity index (χ4n) is 3.18. The van der Waals surface area contributed by atoms with Crippen molar-refractivity contribution < 1.29 is 13.9 Å². The predicted molar refractivity (Wildman–Crippen MR) is 88.4 cm³/mol. The number of halogens is 1. The van der Waals surface area contributed by atoms with Gasteiger partial charge in [0.2, 0.25) is 5.91 Å². The largest absolute Gasteiger partial charge is 0.490 e. The lowest BCUT2D eigenvalue weighted by atomic mass is 9.93. The highest BCUT2D eigenvalue weighted by molar-refractivity contribution is 5.76. The van der Waals surface area contributed by atoms with Crippen LogP contribution in [0.15, 0.2) is 30.5 Å². The van der Waals surface area contributed by atoms with Crippen molar-refractivity contribution >= 4 is 5.91 Å². The molecule has 24 heavy (non-hydrogen) atoms. The molecule has 1 atom stereocenters. The number of nitrogens with one attached hydrogen (secondary N) is 1. The van der Waals surface area contributed by atoms with Crippen molar-refractivity contribution in [3.8, 4) is 5.75 Å². The number of rotatable bonds is 5. The molecule has 2 heterocycles. The molecule has 1 N–H and O–H groups in total. The van der Waals surface area contributed by atoms with E-state index >= 15 is 0 Å². The summed E-state index contributed by atoms with van der Waals surface area (Å²) in [6, 6.07) is 6.23. The van der Waals surface area contributed by atoms with Gasteiger partial charge in [-0.25, -0.2) is 4.39 Å². The van der Waals surface area contributed by atoms with E-state index in [9.17, 15) is 9.18 Å². The van der Waals surface area contributed by atoms with Crippen LogP contribution >= 0.6 is 0 Å². The van der Waals surface area contributed by atoms with Crippen LogP contribution in [0.1, 0.15) is 36.4 Å². The molecule has 1 saturated heterocycles. The number of carbonyl (C=O) groups excluding carboxylic acids is 1. The predicted octanol–water partition coefficient (Wildman–Crippen LogP) is 3.03. The third kappa shape index (κ3) is 3.75. The highest BCUT2D eigenvalue weighted by atomic mass is 19.1. The Morgan fingerprint density at radius 3 is 3.04 bits per heavy atom. The van der Waals surface area contributed by atoms with Crippen molar-refractivity contribution in [2.75, 3.05) is 19.7 Å². The van der Waals surface area contributed by atoms with Crippen LogP contribution in [-0.4, -0.2) is 40.7 Å². The van der Waals surface area contributed by atoms with Gasteiger partial charge in [0.15, 0.2) is 11.6 Å². The number of carbonyl (C=O) groups is 1. The number of likely N-dealkylation sites (tertiary alicyclic amines) is 1. The van der Waals surface area contributed by atoms with E-state index in [-0.39, 0.29) is 24.7 Å². The van der Waals surface area contributed by atoms with E-state index in [1.54, 1.807) is 18.2 Å². The highest BCUT2D eigenvalue weighted by Crippen LogP contribution is 2.27. The SMILES string of the molecule is Cc1cn[nH]c1[C@@H]1CCCN(C(=O)CCOc2ccccc2F)C1. The second kappa shape index (κ2) is 7.47. The first-order valence-corrected chi connectivity index (χ1v) is 8.30. The second-order valence-electron chi connectivity index (χ2n) is 6.17. The minimum absolute atomic E-state index is 0.0493. The number of hydrogen-bond acceptors (Lipinski definition) is 3. The van der Waals surface area contributed by atoms with E-state index in [4.69, 9.17) is 4.74 Å². The van der Waals surface area contributed by atoms with Gasteiger partial charge < -0.3 is 9.64 Å². The molecule has 0 bridgehead atoms. The molecule has 1 aromatic heterocycles. The quantitative estimate of drug-likeness (QED) is 0.916. The number of amides is 1. The molecule has 0 aliphatic carbocycles. The fraction of sp³-hybridized carbons (Fsp3) is 0.444. The van der Waals surface area contributed by atoms with Crippen LogP contribution in [0, 0.1) is 12.7 Å². The fourth-order valence-corrected chi connectivity index (χ4v) is 3.18. The Bertz CT molecular complexity index is 701. The Kier molecular flexibility index (Phi) is 5.13. The summed E-state index contributed by atoms with van der Waals surface area (Å²) in [5.41, 5.74) is 2.26. The lowest BCUT2D eigenvalue weighted by Gasteiger charge is -2.32. The van der Waals surface area contributed by atoms with Gasteiger partial charge in [0.25, 0.3) is 0 Å². The highest BCUT2D eigenvalue weighted by Gasteiger charge is 2.26. The van der Waals surface area contributed by atoms with Crippen LogP contribution in [0.3, 0.4) is 0 Å². The minimum Gasteiger partial charge on any atom is -0.490 e. The molecular weight excluding hydrogens is 309 g/mol. The molecule has 128 valence electrons. The smallest absolute Gasteiger partial charge is 0.226 e. The molecule has 1 fully saturated rings. The lowest BCUT2D eigenvalue weighted by molar-refractivity contribution is -0.133. The van der Waals surface area contributed by atoms with E-state index in [1.807, 2.05) is 18.0 Å². The number of nitrogens with zero attached hydrogens (tertiary/aromatic N) is 2. The molecular formula is C18H22FN3O2. The van der Waals surface area contributed by atoms with E-state index in [0.29, 0.717) is 12.5 Å². The average Bonchev–Trinajstić information content (AvgIpc) is 3.03. The Hall–Kier alpha value is -2.37. The van der Waals surface area contributed by atoms with E-state index in [2.05, 4.69) is 10.2 Å². The van der Waals surface area contributed by atoms with E-state index in [1.165, 1.54) is 6.07 Å². The Morgan fingerprint density at radius 1 is 1.46 bits per heavy atom. The zero-order valence-corrected chi connectivity index (χ0v) is 13.8. The Labute approximate surface area is 140 Å². The normalized spacial score (nSPS) is 17.8. The van der Waals surface area contributed by atoms with Crippen LogP contribution in [0.2, 0.25) is 0 Å². The molecule has 0 unspecified atom stereocenters. The molecule has 6 heteroatoms. The summed E-state index contributed by atoms with van der Waals surface area (Å²) in [6.45, 7) is 3.68. The van der Waals surface area contributed by atoms with Crippen LogP contribution in [0.5, 0.6) is 5.75 Å². The van der Waals surface area contributed by atoms with Gasteiger partial charge in [-0.3, -0.25) is 9.89 Å². The summed E-state index contributed by atoms with van der Waals surface area (Å²) in [6.07, 6.45) is 4.10. The molecule has 0 saturated carbocycles. The van der Waals surface area contributed by atoms with Crippen LogP contribution < -0.4 is 4.74 Å². The lowest BCUT2D eigenvalue weighted by Crippen LogP contribution is -2.39. The standard InChI is InChI=1S/C18H22FN3O2/c1-13-11-20-21-18(13)14-5-4-9-22(12-14)17(23)8-10-24-16-7-3-2-6-15(16)19/h2-3,6-7,11,14H,4-5,8-10,12H2,1H3,(H,20,21)/t14-/m1/s1. The molecule has 1 aliphatic rings. The number of aryl methyl sites for hydroxylation is 1. The molecule has 0 spiro atoms. The van der Waals surface area contributed by atoms with Gasteiger partial charge in [-0.05, 0) is 37.5 Å². The van der Waals surface area contributed by atoms with Crippen molar-refractivity contribution in [3.63, 3.8) is 0 Å². The number of benzene rings is 1. The zero-order chi connectivity index (χ0) is 16.9. The molecule has 0 radical (unpaired) electrons. The summed E-state index contributed by atoms with van der Waals surface area (Å²) >= 11 is 0. The van der Waals surface area contributed by atoms with Crippen molar-refractivity contribution in [1.29, 1.82) is 0 Å². The van der Waals surface area contributed by atoms with Gasteiger partial charge in [0.1, 0.15) is 0 Å². The second-order valence-corrected chi connectivity index (χ2v) is 6.17. The Balaban J connectivity index is 1.51. The summed E-state index contributed by atoms with van der Waals surface area (Å²) in [5.74, 6) is 0.138. The third-order valence-corrected chi connectivity index (χ3v) is 4.46. The van der Waals surface area contributed by atoms with Gasteiger partial charge in [-0.15, -0.1) is 0 Å². The maximum Gasteiger partial charge on any atom is 0.226 e. The van der Waals surface area contributed by atoms with Gasteiger partial charge in [0, 0.05) is 24.7 Å². The number of aromatic amines is 1. The van der Waals surface area contributed by atoms with E-state index < -0.39 is 5.82 Å². The van der Waals surface area contributed by atoms with Crippen LogP contribution in [0.4, 0.5) is 4.39 Å². The average molecular weight is 331 g/mol. The number of H-pyrrole nitrogens is 1. The first kappa shape index (κ1) is 16.5. The number of piperidine rings is 1. The van der Waals surface area contributed by atoms with Crippen molar-refractivity contribution in [2.45, 2.75) is 32.1 Å². The number of para-hydroxylation sites is 1. The number of hydrogen-bond donors (Lipinski definition) is 1.